The second-order valence-electron chi connectivity index (χ2n) is 4.24. The van der Waals surface area contributed by atoms with Gasteiger partial charge >= 0.3 is 0 Å². The van der Waals surface area contributed by atoms with E-state index >= 15 is 0 Å². The molecule has 0 bridgehead atoms. The van der Waals surface area contributed by atoms with E-state index in [1.165, 1.54) is 6.92 Å². The van der Waals surface area contributed by atoms with Crippen LogP contribution in [0.1, 0.15) is 18.1 Å². The van der Waals surface area contributed by atoms with Crippen molar-refractivity contribution in [2.24, 2.45) is 0 Å². The first kappa shape index (κ1) is 17.9. The van der Waals surface area contributed by atoms with Crippen LogP contribution < -0.4 is 19.5 Å². The first-order chi connectivity index (χ1) is 10.0. The van der Waals surface area contributed by atoms with Gasteiger partial charge in [0.2, 0.25) is 11.7 Å². The van der Waals surface area contributed by atoms with E-state index in [4.69, 9.17) is 25.8 Å². The molecule has 7 heteroatoms. The minimum atomic E-state index is -0.0825. The molecule has 0 saturated heterocycles. The van der Waals surface area contributed by atoms with E-state index in [-0.39, 0.29) is 11.8 Å². The van der Waals surface area contributed by atoms with Crippen molar-refractivity contribution in [3.05, 3.63) is 15.6 Å². The molecule has 0 saturated carbocycles. The third-order valence-corrected chi connectivity index (χ3v) is 4.12. The second-order valence-corrected chi connectivity index (χ2v) is 5.30. The largest absolute Gasteiger partial charge is 0.492 e. The maximum atomic E-state index is 11.0. The van der Waals surface area contributed by atoms with Crippen LogP contribution in [0.25, 0.3) is 0 Å². The van der Waals surface area contributed by atoms with Crippen LogP contribution in [-0.4, -0.2) is 33.8 Å². The number of amides is 1. The lowest BCUT2D eigenvalue weighted by atomic mass is 10.0. The second kappa shape index (κ2) is 8.34. The fourth-order valence-corrected chi connectivity index (χ4v) is 3.28. The van der Waals surface area contributed by atoms with Gasteiger partial charge in [-0.15, -0.1) is 11.6 Å². The van der Waals surface area contributed by atoms with Crippen molar-refractivity contribution in [1.29, 1.82) is 0 Å². The summed E-state index contributed by atoms with van der Waals surface area (Å²) >= 11 is 9.56. The van der Waals surface area contributed by atoms with Gasteiger partial charge in [0, 0.05) is 24.9 Å². The molecular weight excluding hydrogens is 362 g/mol. The van der Waals surface area contributed by atoms with Gasteiger partial charge in [-0.05, 0) is 27.9 Å². The molecule has 0 spiro atoms. The maximum Gasteiger partial charge on any atom is 0.216 e. The van der Waals surface area contributed by atoms with Gasteiger partial charge in [-0.1, -0.05) is 0 Å². The minimum absolute atomic E-state index is 0.0825. The molecule has 0 aliphatic heterocycles. The van der Waals surface area contributed by atoms with E-state index in [1.54, 1.807) is 21.3 Å². The van der Waals surface area contributed by atoms with Crippen molar-refractivity contribution in [3.63, 3.8) is 0 Å². The zero-order valence-electron chi connectivity index (χ0n) is 12.5. The monoisotopic (exact) mass is 379 g/mol. The first-order valence-corrected chi connectivity index (χ1v) is 7.64. The number of methoxy groups -OCH3 is 3. The normalized spacial score (nSPS) is 10.2. The molecule has 1 aromatic rings. The summed E-state index contributed by atoms with van der Waals surface area (Å²) in [6.07, 6.45) is 0.573. The summed E-state index contributed by atoms with van der Waals surface area (Å²) in [6, 6.07) is 0. The molecule has 1 aromatic carbocycles. The first-order valence-electron chi connectivity index (χ1n) is 6.31. The number of ether oxygens (including phenoxy) is 3. The van der Waals surface area contributed by atoms with Gasteiger partial charge < -0.3 is 19.5 Å². The van der Waals surface area contributed by atoms with Gasteiger partial charge in [0.05, 0.1) is 25.8 Å². The summed E-state index contributed by atoms with van der Waals surface area (Å²) < 4.78 is 17.0. The average molecular weight is 381 g/mol. The van der Waals surface area contributed by atoms with Crippen LogP contribution in [-0.2, 0) is 17.1 Å². The molecule has 0 heterocycles. The van der Waals surface area contributed by atoms with Crippen molar-refractivity contribution < 1.29 is 19.0 Å². The molecule has 5 nitrogen and oxygen atoms in total. The third kappa shape index (κ3) is 3.95. The molecule has 1 N–H and O–H groups in total. The smallest absolute Gasteiger partial charge is 0.216 e. The van der Waals surface area contributed by atoms with Crippen LogP contribution in [0.3, 0.4) is 0 Å². The van der Waals surface area contributed by atoms with E-state index in [9.17, 15) is 4.79 Å². The Balaban J connectivity index is 3.37. The Morgan fingerprint density at radius 1 is 1.10 bits per heavy atom. The molecule has 118 valence electrons. The van der Waals surface area contributed by atoms with Gasteiger partial charge in [0.15, 0.2) is 11.5 Å². The lowest BCUT2D eigenvalue weighted by molar-refractivity contribution is -0.118. The van der Waals surface area contributed by atoms with Crippen molar-refractivity contribution in [1.82, 2.24) is 5.32 Å². The van der Waals surface area contributed by atoms with E-state index < -0.39 is 0 Å². The molecule has 0 aliphatic carbocycles. The number of nitrogens with one attached hydrogen (secondary N) is 1. The Kier molecular flexibility index (Phi) is 7.11. The predicted molar refractivity (Wildman–Crippen MR) is 85.7 cm³/mol. The van der Waals surface area contributed by atoms with Crippen LogP contribution in [0.4, 0.5) is 0 Å². The summed E-state index contributed by atoms with van der Waals surface area (Å²) in [5.74, 6) is 1.80. The summed E-state index contributed by atoms with van der Waals surface area (Å²) in [6.45, 7) is 1.96. The third-order valence-electron chi connectivity index (χ3n) is 3.01. The highest BCUT2D eigenvalue weighted by Crippen LogP contribution is 2.48. The Labute approximate surface area is 138 Å². The topological polar surface area (TPSA) is 56.8 Å². The van der Waals surface area contributed by atoms with Gasteiger partial charge in [0.1, 0.15) is 0 Å². The van der Waals surface area contributed by atoms with E-state index in [1.807, 2.05) is 0 Å². The van der Waals surface area contributed by atoms with E-state index in [2.05, 4.69) is 21.2 Å². The molecule has 1 rings (SSSR count). The molecule has 0 aromatic heterocycles. The molecule has 0 radical (unpaired) electrons. The Hall–Kier alpha value is -1.14. The number of alkyl halides is 1. The fourth-order valence-electron chi connectivity index (χ4n) is 2.10. The van der Waals surface area contributed by atoms with Gasteiger partial charge in [-0.25, -0.2) is 0 Å². The highest BCUT2D eigenvalue weighted by atomic mass is 79.9. The van der Waals surface area contributed by atoms with Crippen LogP contribution in [0.15, 0.2) is 4.47 Å². The Morgan fingerprint density at radius 2 is 1.67 bits per heavy atom. The van der Waals surface area contributed by atoms with Crippen LogP contribution in [0, 0.1) is 0 Å². The number of rotatable bonds is 7. The van der Waals surface area contributed by atoms with Crippen molar-refractivity contribution in [3.8, 4) is 17.2 Å². The zero-order valence-corrected chi connectivity index (χ0v) is 14.9. The number of hydrogen-bond acceptors (Lipinski definition) is 4. The van der Waals surface area contributed by atoms with Gasteiger partial charge in [0.25, 0.3) is 0 Å². The predicted octanol–water partition coefficient (Wildman–Crippen LogP) is 2.89. The van der Waals surface area contributed by atoms with Crippen LogP contribution in [0.5, 0.6) is 17.2 Å². The lowest BCUT2D eigenvalue weighted by Crippen LogP contribution is -2.23. The molecule has 0 aliphatic rings. The van der Waals surface area contributed by atoms with Crippen molar-refractivity contribution in [2.45, 2.75) is 19.2 Å². The standard InChI is InChI=1S/C14H19BrClNO4/c1-8(18)17-6-5-9-10(7-16)11(15)13(20-3)14(21-4)12(9)19-2/h5-7H2,1-4H3,(H,17,18). The summed E-state index contributed by atoms with van der Waals surface area (Å²) in [5, 5.41) is 2.76. The quantitative estimate of drug-likeness (QED) is 0.739. The average Bonchev–Trinajstić information content (AvgIpc) is 2.46. The van der Waals surface area contributed by atoms with Gasteiger partial charge in [-0.3, -0.25) is 4.79 Å². The highest BCUT2D eigenvalue weighted by Gasteiger charge is 2.24. The maximum absolute atomic E-state index is 11.0. The highest BCUT2D eigenvalue weighted by molar-refractivity contribution is 9.10. The molecular formula is C14H19BrClNO4. The summed E-state index contributed by atoms with van der Waals surface area (Å²) in [4.78, 5) is 11.0. The van der Waals surface area contributed by atoms with E-state index in [0.717, 1.165) is 15.6 Å². The molecule has 0 fully saturated rings. The molecule has 21 heavy (non-hydrogen) atoms. The Bertz CT molecular complexity index is 522. The fraction of sp³-hybridized carbons (Fsp3) is 0.500. The number of hydrogen-bond donors (Lipinski definition) is 1. The molecule has 0 unspecified atom stereocenters. The SMILES string of the molecule is COc1c(Br)c(CCl)c(CCNC(C)=O)c(OC)c1OC. The van der Waals surface area contributed by atoms with Crippen molar-refractivity contribution >= 4 is 33.4 Å². The van der Waals surface area contributed by atoms with Crippen molar-refractivity contribution in [2.75, 3.05) is 27.9 Å². The van der Waals surface area contributed by atoms with Crippen LogP contribution >= 0.6 is 27.5 Å². The molecule has 1 amide bonds. The summed E-state index contributed by atoms with van der Waals surface area (Å²) in [5.41, 5.74) is 1.74. The number of carbonyl (C=O) groups excluding carboxylic acids is 1. The zero-order chi connectivity index (χ0) is 16.0. The van der Waals surface area contributed by atoms with Crippen LogP contribution in [0.2, 0.25) is 0 Å². The summed E-state index contributed by atoms with van der Waals surface area (Å²) in [7, 11) is 4.66. The number of carbonyl (C=O) groups is 1. The lowest BCUT2D eigenvalue weighted by Gasteiger charge is -2.21. The molecule has 0 atom stereocenters. The van der Waals surface area contributed by atoms with E-state index in [0.29, 0.717) is 30.2 Å². The minimum Gasteiger partial charge on any atom is -0.492 e. The number of halogens is 2. The Morgan fingerprint density at radius 3 is 2.10 bits per heavy atom. The van der Waals surface area contributed by atoms with Gasteiger partial charge in [-0.2, -0.15) is 0 Å². The number of benzene rings is 1.